The van der Waals surface area contributed by atoms with Crippen LogP contribution in [0.1, 0.15) is 16.5 Å². The molecule has 0 aliphatic heterocycles. The number of hydrogen-bond donors (Lipinski definition) is 2. The van der Waals surface area contributed by atoms with Gasteiger partial charge in [0.2, 0.25) is 0 Å². The average Bonchev–Trinajstić information content (AvgIpc) is 2.93. The van der Waals surface area contributed by atoms with Crippen molar-refractivity contribution in [3.8, 4) is 5.75 Å². The van der Waals surface area contributed by atoms with Gasteiger partial charge in [-0.1, -0.05) is 24.3 Å². The Hall–Kier alpha value is -1.36. The number of hydrogen-bond acceptors (Lipinski definition) is 4. The molecular weight excluding hydrogens is 246 g/mol. The summed E-state index contributed by atoms with van der Waals surface area (Å²) in [5.41, 5.74) is 1.10. The minimum Gasteiger partial charge on any atom is -0.496 e. The maximum atomic E-state index is 9.93. The standard InChI is InChI=1S/C14H17NO2S/c1-17-13-6-3-2-5-11(13)9-15-10-12(16)14-7-4-8-18-14/h2-8,12,15-16H,9-10H2,1H3. The molecular formula is C14H17NO2S. The van der Waals surface area contributed by atoms with Crippen LogP contribution in [0.15, 0.2) is 41.8 Å². The molecule has 0 fully saturated rings. The van der Waals surface area contributed by atoms with Crippen molar-refractivity contribution in [1.29, 1.82) is 0 Å². The second-order valence-electron chi connectivity index (χ2n) is 3.97. The molecule has 1 aromatic heterocycles. The first-order chi connectivity index (χ1) is 8.81. The topological polar surface area (TPSA) is 41.5 Å². The number of thiophene rings is 1. The first-order valence-electron chi connectivity index (χ1n) is 5.85. The van der Waals surface area contributed by atoms with E-state index in [2.05, 4.69) is 5.32 Å². The number of methoxy groups -OCH3 is 1. The number of aliphatic hydroxyl groups is 1. The highest BCUT2D eigenvalue weighted by molar-refractivity contribution is 7.10. The van der Waals surface area contributed by atoms with E-state index in [4.69, 9.17) is 4.74 Å². The van der Waals surface area contributed by atoms with E-state index in [9.17, 15) is 5.11 Å². The summed E-state index contributed by atoms with van der Waals surface area (Å²) in [7, 11) is 1.67. The van der Waals surface area contributed by atoms with E-state index in [1.807, 2.05) is 41.8 Å². The zero-order valence-corrected chi connectivity index (χ0v) is 11.1. The van der Waals surface area contributed by atoms with Crippen LogP contribution in [0, 0.1) is 0 Å². The fourth-order valence-electron chi connectivity index (χ4n) is 1.77. The monoisotopic (exact) mass is 263 g/mol. The summed E-state index contributed by atoms with van der Waals surface area (Å²) in [6, 6.07) is 11.8. The fourth-order valence-corrected chi connectivity index (χ4v) is 2.49. The lowest BCUT2D eigenvalue weighted by atomic mass is 10.2. The molecule has 2 aromatic rings. The summed E-state index contributed by atoms with van der Waals surface area (Å²) in [6.07, 6.45) is -0.445. The Balaban J connectivity index is 1.85. The van der Waals surface area contributed by atoms with E-state index in [0.29, 0.717) is 13.1 Å². The minimum atomic E-state index is -0.445. The summed E-state index contributed by atoms with van der Waals surface area (Å²) in [4.78, 5) is 0.988. The highest BCUT2D eigenvalue weighted by atomic mass is 32.1. The van der Waals surface area contributed by atoms with Gasteiger partial charge in [-0.2, -0.15) is 0 Å². The molecule has 0 saturated heterocycles. The van der Waals surface area contributed by atoms with Crippen molar-refractivity contribution in [2.24, 2.45) is 0 Å². The first kappa shape index (κ1) is 13.1. The van der Waals surface area contributed by atoms with Gasteiger partial charge in [0.05, 0.1) is 7.11 Å². The molecule has 96 valence electrons. The zero-order chi connectivity index (χ0) is 12.8. The Morgan fingerprint density at radius 2 is 2.11 bits per heavy atom. The van der Waals surface area contributed by atoms with Crippen LogP contribution in [0.4, 0.5) is 0 Å². The molecule has 1 heterocycles. The molecule has 1 unspecified atom stereocenters. The van der Waals surface area contributed by atoms with Crippen LogP contribution in [0.3, 0.4) is 0 Å². The molecule has 3 nitrogen and oxygen atoms in total. The second kappa shape index (κ2) is 6.54. The van der Waals surface area contributed by atoms with Gasteiger partial charge in [-0.15, -0.1) is 11.3 Å². The van der Waals surface area contributed by atoms with Crippen molar-refractivity contribution in [1.82, 2.24) is 5.32 Å². The molecule has 0 bridgehead atoms. The number of aliphatic hydroxyl groups excluding tert-OH is 1. The molecule has 0 radical (unpaired) electrons. The van der Waals surface area contributed by atoms with Crippen LogP contribution in [-0.4, -0.2) is 18.8 Å². The van der Waals surface area contributed by atoms with Gasteiger partial charge in [0, 0.05) is 23.5 Å². The van der Waals surface area contributed by atoms with Gasteiger partial charge in [0.25, 0.3) is 0 Å². The third-order valence-corrected chi connectivity index (χ3v) is 3.69. The Morgan fingerprint density at radius 1 is 1.28 bits per heavy atom. The average molecular weight is 263 g/mol. The molecule has 0 aliphatic carbocycles. The van der Waals surface area contributed by atoms with Crippen LogP contribution < -0.4 is 10.1 Å². The van der Waals surface area contributed by atoms with Gasteiger partial charge in [-0.25, -0.2) is 0 Å². The van der Waals surface area contributed by atoms with Crippen molar-refractivity contribution >= 4 is 11.3 Å². The van der Waals surface area contributed by atoms with Crippen molar-refractivity contribution in [3.63, 3.8) is 0 Å². The molecule has 1 atom stereocenters. The van der Waals surface area contributed by atoms with Crippen LogP contribution >= 0.6 is 11.3 Å². The molecule has 1 aromatic carbocycles. The van der Waals surface area contributed by atoms with E-state index in [-0.39, 0.29) is 0 Å². The van der Waals surface area contributed by atoms with Crippen molar-refractivity contribution < 1.29 is 9.84 Å². The maximum absolute atomic E-state index is 9.93. The maximum Gasteiger partial charge on any atom is 0.123 e. The summed E-state index contributed by atoms with van der Waals surface area (Å²) < 4.78 is 5.27. The number of rotatable bonds is 6. The van der Waals surface area contributed by atoms with Gasteiger partial charge in [-0.3, -0.25) is 0 Å². The smallest absolute Gasteiger partial charge is 0.123 e. The summed E-state index contributed by atoms with van der Waals surface area (Å²) in [5.74, 6) is 0.871. The number of nitrogens with one attached hydrogen (secondary N) is 1. The molecule has 2 N–H and O–H groups in total. The SMILES string of the molecule is COc1ccccc1CNCC(O)c1cccs1. The minimum absolute atomic E-state index is 0.445. The van der Waals surface area contributed by atoms with Gasteiger partial charge >= 0.3 is 0 Å². The lowest BCUT2D eigenvalue weighted by molar-refractivity contribution is 0.178. The van der Waals surface area contributed by atoms with Crippen molar-refractivity contribution in [2.75, 3.05) is 13.7 Å². The van der Waals surface area contributed by atoms with Crippen molar-refractivity contribution in [2.45, 2.75) is 12.6 Å². The van der Waals surface area contributed by atoms with Gasteiger partial charge in [0.1, 0.15) is 11.9 Å². The fraction of sp³-hybridized carbons (Fsp3) is 0.286. The Morgan fingerprint density at radius 3 is 2.83 bits per heavy atom. The molecule has 0 spiro atoms. The van der Waals surface area contributed by atoms with E-state index < -0.39 is 6.10 Å². The Labute approximate surface area is 111 Å². The van der Waals surface area contributed by atoms with Gasteiger partial charge < -0.3 is 15.2 Å². The lowest BCUT2D eigenvalue weighted by Crippen LogP contribution is -2.20. The van der Waals surface area contributed by atoms with Crippen LogP contribution in [0.5, 0.6) is 5.75 Å². The van der Waals surface area contributed by atoms with Crippen LogP contribution in [0.25, 0.3) is 0 Å². The van der Waals surface area contributed by atoms with E-state index in [0.717, 1.165) is 16.2 Å². The molecule has 4 heteroatoms. The summed E-state index contributed by atoms with van der Waals surface area (Å²) >= 11 is 1.57. The number of benzene rings is 1. The number of para-hydroxylation sites is 1. The third kappa shape index (κ3) is 3.32. The van der Waals surface area contributed by atoms with E-state index >= 15 is 0 Å². The van der Waals surface area contributed by atoms with Gasteiger partial charge in [-0.05, 0) is 17.5 Å². The Bertz CT molecular complexity index is 470. The molecule has 0 aliphatic rings. The van der Waals surface area contributed by atoms with E-state index in [1.54, 1.807) is 18.4 Å². The number of ether oxygens (including phenoxy) is 1. The molecule has 0 saturated carbocycles. The Kier molecular flexibility index (Phi) is 4.75. The molecule has 2 rings (SSSR count). The normalized spacial score (nSPS) is 12.3. The molecule has 0 amide bonds. The largest absolute Gasteiger partial charge is 0.496 e. The zero-order valence-electron chi connectivity index (χ0n) is 10.3. The van der Waals surface area contributed by atoms with Crippen molar-refractivity contribution in [3.05, 3.63) is 52.2 Å². The molecule has 18 heavy (non-hydrogen) atoms. The van der Waals surface area contributed by atoms with Gasteiger partial charge in [0.15, 0.2) is 0 Å². The predicted molar refractivity (Wildman–Crippen MR) is 74.0 cm³/mol. The highest BCUT2D eigenvalue weighted by Crippen LogP contribution is 2.19. The third-order valence-electron chi connectivity index (χ3n) is 2.72. The second-order valence-corrected chi connectivity index (χ2v) is 4.95. The van der Waals surface area contributed by atoms with Crippen LogP contribution in [-0.2, 0) is 6.54 Å². The quantitative estimate of drug-likeness (QED) is 0.841. The highest BCUT2D eigenvalue weighted by Gasteiger charge is 2.08. The van der Waals surface area contributed by atoms with Crippen LogP contribution in [0.2, 0.25) is 0 Å². The summed E-state index contributed by atoms with van der Waals surface area (Å²) in [6.45, 7) is 1.23. The first-order valence-corrected chi connectivity index (χ1v) is 6.73. The predicted octanol–water partition coefficient (Wildman–Crippen LogP) is 2.58. The lowest BCUT2D eigenvalue weighted by Gasteiger charge is -2.12. The van der Waals surface area contributed by atoms with E-state index in [1.165, 1.54) is 0 Å². The summed E-state index contributed by atoms with van der Waals surface area (Å²) in [5, 5.41) is 15.1.